The van der Waals surface area contributed by atoms with Crippen LogP contribution in [0.25, 0.3) is 0 Å². The third-order valence-corrected chi connectivity index (χ3v) is 3.28. The molecule has 110 valence electrons. The summed E-state index contributed by atoms with van der Waals surface area (Å²) in [5, 5.41) is 12.7. The van der Waals surface area contributed by atoms with Crippen molar-refractivity contribution < 1.29 is 14.6 Å². The fraction of sp³-hybridized carbons (Fsp3) is 0.235. The Balaban J connectivity index is 2.30. The van der Waals surface area contributed by atoms with E-state index < -0.39 is 0 Å². The second kappa shape index (κ2) is 6.31. The first-order chi connectivity index (χ1) is 10.0. The number of ether oxygens (including phenoxy) is 1. The Kier molecular flexibility index (Phi) is 4.48. The molecule has 1 amide bonds. The molecule has 0 unspecified atom stereocenters. The van der Waals surface area contributed by atoms with Crippen molar-refractivity contribution in [3.63, 3.8) is 0 Å². The highest BCUT2D eigenvalue weighted by Crippen LogP contribution is 2.27. The fourth-order valence-electron chi connectivity index (χ4n) is 2.13. The average molecular weight is 285 g/mol. The van der Waals surface area contributed by atoms with Crippen LogP contribution >= 0.6 is 0 Å². The van der Waals surface area contributed by atoms with Gasteiger partial charge in [-0.05, 0) is 35.7 Å². The van der Waals surface area contributed by atoms with Crippen molar-refractivity contribution in [3.05, 3.63) is 53.6 Å². The molecule has 2 N–H and O–H groups in total. The maximum Gasteiger partial charge on any atom is 0.259 e. The van der Waals surface area contributed by atoms with E-state index in [4.69, 9.17) is 4.74 Å². The molecule has 4 nitrogen and oxygen atoms in total. The second-order valence-corrected chi connectivity index (χ2v) is 5.08. The Morgan fingerprint density at radius 2 is 1.90 bits per heavy atom. The summed E-state index contributed by atoms with van der Waals surface area (Å²) < 4.78 is 5.08. The number of carbonyl (C=O) groups excluding carboxylic acids is 1. The van der Waals surface area contributed by atoms with E-state index in [0.29, 0.717) is 11.7 Å². The molecule has 0 saturated heterocycles. The summed E-state index contributed by atoms with van der Waals surface area (Å²) in [6, 6.07) is 12.2. The summed E-state index contributed by atoms with van der Waals surface area (Å²) in [5.74, 6) is 0.380. The first-order valence-corrected chi connectivity index (χ1v) is 6.80. The van der Waals surface area contributed by atoms with Crippen molar-refractivity contribution in [3.8, 4) is 11.5 Å². The number of carbonyl (C=O) groups is 1. The Bertz CT molecular complexity index is 650. The molecule has 0 saturated carbocycles. The van der Waals surface area contributed by atoms with Gasteiger partial charge in [0.1, 0.15) is 11.5 Å². The number of hydrogen-bond donors (Lipinski definition) is 2. The van der Waals surface area contributed by atoms with Crippen molar-refractivity contribution in [2.45, 2.75) is 19.8 Å². The van der Waals surface area contributed by atoms with Crippen molar-refractivity contribution in [1.29, 1.82) is 0 Å². The lowest BCUT2D eigenvalue weighted by Crippen LogP contribution is -2.14. The molecular weight excluding hydrogens is 266 g/mol. The molecule has 0 fully saturated rings. The molecule has 0 aliphatic rings. The Morgan fingerprint density at radius 3 is 2.57 bits per heavy atom. The summed E-state index contributed by atoms with van der Waals surface area (Å²) >= 11 is 0. The highest BCUT2D eigenvalue weighted by molar-refractivity contribution is 6.06. The fourth-order valence-corrected chi connectivity index (χ4v) is 2.13. The topological polar surface area (TPSA) is 58.6 Å². The first kappa shape index (κ1) is 14.9. The zero-order valence-corrected chi connectivity index (χ0v) is 12.4. The SMILES string of the molecule is COc1ccc(O)c(C(=O)Nc2ccccc2C(C)C)c1. The van der Waals surface area contributed by atoms with Crippen LogP contribution in [0.4, 0.5) is 5.69 Å². The van der Waals surface area contributed by atoms with Gasteiger partial charge in [0.2, 0.25) is 0 Å². The molecule has 0 aliphatic carbocycles. The minimum Gasteiger partial charge on any atom is -0.507 e. The maximum absolute atomic E-state index is 12.4. The lowest BCUT2D eigenvalue weighted by atomic mass is 10.0. The minimum absolute atomic E-state index is 0.0738. The van der Waals surface area contributed by atoms with Gasteiger partial charge < -0.3 is 15.2 Å². The summed E-state index contributed by atoms with van der Waals surface area (Å²) in [6.45, 7) is 4.13. The van der Waals surface area contributed by atoms with Gasteiger partial charge in [-0.1, -0.05) is 32.0 Å². The van der Waals surface area contributed by atoms with Crippen LogP contribution in [0, 0.1) is 0 Å². The lowest BCUT2D eigenvalue weighted by molar-refractivity contribution is 0.102. The van der Waals surface area contributed by atoms with Gasteiger partial charge in [-0.15, -0.1) is 0 Å². The normalized spacial score (nSPS) is 10.5. The van der Waals surface area contributed by atoms with Gasteiger partial charge in [-0.25, -0.2) is 0 Å². The van der Waals surface area contributed by atoms with Crippen LogP contribution in [0.2, 0.25) is 0 Å². The maximum atomic E-state index is 12.4. The molecule has 0 heterocycles. The Labute approximate surface area is 124 Å². The van der Waals surface area contributed by atoms with Gasteiger partial charge in [0.25, 0.3) is 5.91 Å². The number of amides is 1. The van der Waals surface area contributed by atoms with Crippen LogP contribution in [0.5, 0.6) is 11.5 Å². The van der Waals surface area contributed by atoms with Crippen molar-refractivity contribution in [2.75, 3.05) is 12.4 Å². The van der Waals surface area contributed by atoms with E-state index in [1.54, 1.807) is 6.07 Å². The number of aromatic hydroxyl groups is 1. The quantitative estimate of drug-likeness (QED) is 0.898. The van der Waals surface area contributed by atoms with Crippen LogP contribution < -0.4 is 10.1 Å². The Hall–Kier alpha value is -2.49. The minimum atomic E-state index is -0.362. The second-order valence-electron chi connectivity index (χ2n) is 5.08. The molecule has 21 heavy (non-hydrogen) atoms. The summed E-state index contributed by atoms with van der Waals surface area (Å²) in [4.78, 5) is 12.4. The van der Waals surface area contributed by atoms with E-state index in [9.17, 15) is 9.90 Å². The summed E-state index contributed by atoms with van der Waals surface area (Å²) in [5.41, 5.74) is 1.99. The van der Waals surface area contributed by atoms with E-state index in [0.717, 1.165) is 11.3 Å². The van der Waals surface area contributed by atoms with Crippen LogP contribution in [0.15, 0.2) is 42.5 Å². The van der Waals surface area contributed by atoms with Gasteiger partial charge in [0.05, 0.1) is 12.7 Å². The molecular formula is C17H19NO3. The lowest BCUT2D eigenvalue weighted by Gasteiger charge is -2.14. The van der Waals surface area contributed by atoms with E-state index in [-0.39, 0.29) is 17.2 Å². The number of phenols is 1. The highest BCUT2D eigenvalue weighted by Gasteiger charge is 2.15. The molecule has 4 heteroatoms. The first-order valence-electron chi connectivity index (χ1n) is 6.80. The standard InChI is InChI=1S/C17H19NO3/c1-11(2)13-6-4-5-7-15(13)18-17(20)14-10-12(21-3)8-9-16(14)19/h4-11,19H,1-3H3,(H,18,20). The van der Waals surface area contributed by atoms with E-state index in [2.05, 4.69) is 19.2 Å². The highest BCUT2D eigenvalue weighted by atomic mass is 16.5. The molecule has 0 atom stereocenters. The van der Waals surface area contributed by atoms with E-state index in [1.165, 1.54) is 19.2 Å². The summed E-state index contributed by atoms with van der Waals surface area (Å²) in [7, 11) is 1.52. The molecule has 0 bridgehead atoms. The number of methoxy groups -OCH3 is 1. The molecule has 0 aliphatic heterocycles. The number of rotatable bonds is 4. The number of phenolic OH excluding ortho intramolecular Hbond substituents is 1. The van der Waals surface area contributed by atoms with Crippen LogP contribution in [-0.4, -0.2) is 18.1 Å². The number of anilines is 1. The Morgan fingerprint density at radius 1 is 1.19 bits per heavy atom. The molecule has 0 radical (unpaired) electrons. The smallest absolute Gasteiger partial charge is 0.259 e. The van der Waals surface area contributed by atoms with E-state index in [1.807, 2.05) is 24.3 Å². The third kappa shape index (κ3) is 3.34. The zero-order chi connectivity index (χ0) is 15.4. The molecule has 2 rings (SSSR count). The zero-order valence-electron chi connectivity index (χ0n) is 12.4. The van der Waals surface area contributed by atoms with Crippen molar-refractivity contribution in [1.82, 2.24) is 0 Å². The van der Waals surface area contributed by atoms with Crippen molar-refractivity contribution in [2.24, 2.45) is 0 Å². The number of nitrogens with one attached hydrogen (secondary N) is 1. The predicted molar refractivity (Wildman–Crippen MR) is 83.1 cm³/mol. The molecule has 2 aromatic rings. The van der Waals surface area contributed by atoms with Crippen LogP contribution in [-0.2, 0) is 0 Å². The molecule has 2 aromatic carbocycles. The number of benzene rings is 2. The molecule has 0 spiro atoms. The molecule has 0 aromatic heterocycles. The van der Waals surface area contributed by atoms with Crippen molar-refractivity contribution >= 4 is 11.6 Å². The largest absolute Gasteiger partial charge is 0.507 e. The predicted octanol–water partition coefficient (Wildman–Crippen LogP) is 3.78. The average Bonchev–Trinajstić information content (AvgIpc) is 2.48. The van der Waals surface area contributed by atoms with Gasteiger partial charge in [0, 0.05) is 5.69 Å². The van der Waals surface area contributed by atoms with E-state index >= 15 is 0 Å². The van der Waals surface area contributed by atoms with Gasteiger partial charge >= 0.3 is 0 Å². The van der Waals surface area contributed by atoms with Gasteiger partial charge in [0.15, 0.2) is 0 Å². The van der Waals surface area contributed by atoms with Crippen LogP contribution in [0.1, 0.15) is 35.7 Å². The monoisotopic (exact) mass is 285 g/mol. The van der Waals surface area contributed by atoms with Gasteiger partial charge in [-0.3, -0.25) is 4.79 Å². The summed E-state index contributed by atoms with van der Waals surface area (Å²) in [6.07, 6.45) is 0. The third-order valence-electron chi connectivity index (χ3n) is 3.28. The number of hydrogen-bond acceptors (Lipinski definition) is 3. The van der Waals surface area contributed by atoms with Gasteiger partial charge in [-0.2, -0.15) is 0 Å². The van der Waals surface area contributed by atoms with Crippen LogP contribution in [0.3, 0.4) is 0 Å². The number of para-hydroxylation sites is 1.